The van der Waals surface area contributed by atoms with E-state index in [1.54, 1.807) is 0 Å². The van der Waals surface area contributed by atoms with Gasteiger partial charge in [-0.2, -0.15) is 0 Å². The Morgan fingerprint density at radius 3 is 2.76 bits per heavy atom. The monoisotopic (exact) mass is 291 g/mol. The van der Waals surface area contributed by atoms with Gasteiger partial charge >= 0.3 is 5.97 Å². The van der Waals surface area contributed by atoms with Crippen molar-refractivity contribution in [1.29, 1.82) is 0 Å². The van der Waals surface area contributed by atoms with Gasteiger partial charge < -0.3 is 19.9 Å². The van der Waals surface area contributed by atoms with Gasteiger partial charge in [0, 0.05) is 12.5 Å². The predicted molar refractivity (Wildman–Crippen MR) is 77.8 cm³/mol. The maximum atomic E-state index is 10.6. The second kappa shape index (κ2) is 6.35. The maximum absolute atomic E-state index is 10.6. The van der Waals surface area contributed by atoms with Crippen LogP contribution in [-0.4, -0.2) is 30.8 Å². The molecular formula is C16H21NO4. The molecule has 1 unspecified atom stereocenters. The van der Waals surface area contributed by atoms with E-state index in [9.17, 15) is 4.79 Å². The van der Waals surface area contributed by atoms with Crippen LogP contribution < -0.4 is 14.8 Å². The lowest BCUT2D eigenvalue weighted by Crippen LogP contribution is -2.25. The second-order valence-corrected chi connectivity index (χ2v) is 5.67. The van der Waals surface area contributed by atoms with Crippen LogP contribution in [0.25, 0.3) is 0 Å². The van der Waals surface area contributed by atoms with Crippen molar-refractivity contribution in [3.8, 4) is 11.5 Å². The average molecular weight is 291 g/mol. The summed E-state index contributed by atoms with van der Waals surface area (Å²) in [5.74, 6) is 1.54. The van der Waals surface area contributed by atoms with Crippen molar-refractivity contribution in [2.75, 3.05) is 19.8 Å². The van der Waals surface area contributed by atoms with E-state index in [2.05, 4.69) is 17.4 Å². The summed E-state index contributed by atoms with van der Waals surface area (Å²) in [5, 5.41) is 12.2. The highest BCUT2D eigenvalue weighted by Gasteiger charge is 2.32. The van der Waals surface area contributed by atoms with Gasteiger partial charge in [-0.25, -0.2) is 0 Å². The summed E-state index contributed by atoms with van der Waals surface area (Å²) in [6.07, 6.45) is 3.32. The minimum Gasteiger partial charge on any atom is -0.486 e. The normalized spacial score (nSPS) is 18.3. The van der Waals surface area contributed by atoms with Gasteiger partial charge in [-0.05, 0) is 49.4 Å². The van der Waals surface area contributed by atoms with Gasteiger partial charge in [0.15, 0.2) is 11.5 Å². The van der Waals surface area contributed by atoms with Gasteiger partial charge in [0.2, 0.25) is 0 Å². The van der Waals surface area contributed by atoms with E-state index in [1.165, 1.54) is 18.4 Å². The Morgan fingerprint density at radius 1 is 1.29 bits per heavy atom. The first-order valence-corrected chi connectivity index (χ1v) is 7.59. The Kier molecular flexibility index (Phi) is 4.29. The van der Waals surface area contributed by atoms with Gasteiger partial charge in [0.05, 0.1) is 0 Å². The molecule has 1 aliphatic heterocycles. The molecule has 0 aromatic heterocycles. The molecule has 0 amide bonds. The lowest BCUT2D eigenvalue weighted by atomic mass is 10.0. The lowest BCUT2D eigenvalue weighted by molar-refractivity contribution is -0.137. The third kappa shape index (κ3) is 3.67. The van der Waals surface area contributed by atoms with Gasteiger partial charge in [0.25, 0.3) is 0 Å². The highest BCUT2D eigenvalue weighted by atomic mass is 16.6. The number of hydrogen-bond donors (Lipinski definition) is 2. The average Bonchev–Trinajstić information content (AvgIpc) is 3.31. The number of carbonyl (C=O) groups is 1. The van der Waals surface area contributed by atoms with Crippen LogP contribution in [0.1, 0.15) is 37.3 Å². The van der Waals surface area contributed by atoms with Gasteiger partial charge in [0.1, 0.15) is 13.2 Å². The first-order chi connectivity index (χ1) is 10.2. The second-order valence-electron chi connectivity index (χ2n) is 5.67. The smallest absolute Gasteiger partial charge is 0.303 e. The van der Waals surface area contributed by atoms with Crippen molar-refractivity contribution < 1.29 is 19.4 Å². The standard InChI is InChI=1S/C16H21NO4/c18-15(19)2-1-7-17-16(11-3-4-11)12-5-6-13-14(10-12)21-9-8-20-13/h5-6,10-11,16-17H,1-4,7-9H2,(H,18,19). The third-order valence-corrected chi connectivity index (χ3v) is 3.95. The molecule has 2 aliphatic rings. The molecule has 2 N–H and O–H groups in total. The van der Waals surface area contributed by atoms with E-state index in [0.29, 0.717) is 25.6 Å². The molecule has 5 nitrogen and oxygen atoms in total. The fourth-order valence-corrected chi connectivity index (χ4v) is 2.74. The number of aliphatic carboxylic acids is 1. The first-order valence-electron chi connectivity index (χ1n) is 7.59. The van der Waals surface area contributed by atoms with Gasteiger partial charge in [-0.3, -0.25) is 4.79 Å². The molecule has 1 heterocycles. The molecule has 21 heavy (non-hydrogen) atoms. The van der Waals surface area contributed by atoms with E-state index >= 15 is 0 Å². The zero-order chi connectivity index (χ0) is 14.7. The molecule has 1 aromatic carbocycles. The molecule has 0 radical (unpaired) electrons. The van der Waals surface area contributed by atoms with E-state index in [0.717, 1.165) is 18.0 Å². The lowest BCUT2D eigenvalue weighted by Gasteiger charge is -2.23. The molecule has 0 saturated heterocycles. The summed E-state index contributed by atoms with van der Waals surface area (Å²) in [6, 6.07) is 6.40. The molecule has 1 fully saturated rings. The van der Waals surface area contributed by atoms with E-state index in [1.807, 2.05) is 6.07 Å². The fraction of sp³-hybridized carbons (Fsp3) is 0.562. The minimum atomic E-state index is -0.737. The summed E-state index contributed by atoms with van der Waals surface area (Å²) in [4.78, 5) is 10.6. The van der Waals surface area contributed by atoms with Crippen LogP contribution in [0.4, 0.5) is 0 Å². The highest BCUT2D eigenvalue weighted by Crippen LogP contribution is 2.43. The van der Waals surface area contributed by atoms with Crippen molar-refractivity contribution >= 4 is 5.97 Å². The number of nitrogens with one attached hydrogen (secondary N) is 1. The molecule has 5 heteroatoms. The van der Waals surface area contributed by atoms with Crippen molar-refractivity contribution in [2.24, 2.45) is 5.92 Å². The van der Waals surface area contributed by atoms with E-state index in [4.69, 9.17) is 14.6 Å². The predicted octanol–water partition coefficient (Wildman–Crippen LogP) is 2.36. The third-order valence-electron chi connectivity index (χ3n) is 3.95. The van der Waals surface area contributed by atoms with Crippen LogP contribution in [0.3, 0.4) is 0 Å². The number of carboxylic acid groups (broad SMARTS) is 1. The molecule has 1 atom stereocenters. The Balaban J connectivity index is 1.64. The quantitative estimate of drug-likeness (QED) is 0.755. The molecule has 1 saturated carbocycles. The molecular weight excluding hydrogens is 270 g/mol. The van der Waals surface area contributed by atoms with Crippen molar-refractivity contribution in [3.63, 3.8) is 0 Å². The first kappa shape index (κ1) is 14.2. The summed E-state index contributed by atoms with van der Waals surface area (Å²) in [7, 11) is 0. The van der Waals surface area contributed by atoms with E-state index < -0.39 is 5.97 Å². The number of hydrogen-bond acceptors (Lipinski definition) is 4. The zero-order valence-corrected chi connectivity index (χ0v) is 12.0. The highest BCUT2D eigenvalue weighted by molar-refractivity contribution is 5.66. The molecule has 114 valence electrons. The number of fused-ring (bicyclic) bond motifs is 1. The minimum absolute atomic E-state index is 0.214. The number of benzene rings is 1. The van der Waals surface area contributed by atoms with Crippen LogP contribution >= 0.6 is 0 Å². The summed E-state index contributed by atoms with van der Waals surface area (Å²) < 4.78 is 11.2. The van der Waals surface area contributed by atoms with Gasteiger partial charge in [-0.15, -0.1) is 0 Å². The SMILES string of the molecule is O=C(O)CCCNC(c1ccc2c(c1)OCCO2)C1CC1. The topological polar surface area (TPSA) is 67.8 Å². The van der Waals surface area contributed by atoms with Crippen LogP contribution in [0.15, 0.2) is 18.2 Å². The molecule has 1 aliphatic carbocycles. The molecule has 3 rings (SSSR count). The Labute approximate surface area is 124 Å². The van der Waals surface area contributed by atoms with Crippen LogP contribution in [-0.2, 0) is 4.79 Å². The summed E-state index contributed by atoms with van der Waals surface area (Å²) in [6.45, 7) is 1.92. The van der Waals surface area contributed by atoms with Crippen molar-refractivity contribution in [2.45, 2.75) is 31.7 Å². The van der Waals surface area contributed by atoms with Gasteiger partial charge in [-0.1, -0.05) is 6.07 Å². The zero-order valence-electron chi connectivity index (χ0n) is 12.0. The summed E-state index contributed by atoms with van der Waals surface area (Å²) >= 11 is 0. The Hall–Kier alpha value is -1.75. The number of ether oxygens (including phenoxy) is 2. The maximum Gasteiger partial charge on any atom is 0.303 e. The fourth-order valence-electron chi connectivity index (χ4n) is 2.74. The Morgan fingerprint density at radius 2 is 2.05 bits per heavy atom. The largest absolute Gasteiger partial charge is 0.486 e. The molecule has 0 bridgehead atoms. The van der Waals surface area contributed by atoms with Crippen LogP contribution in [0, 0.1) is 5.92 Å². The van der Waals surface area contributed by atoms with E-state index in [-0.39, 0.29) is 12.5 Å². The molecule has 1 aromatic rings. The van der Waals surface area contributed by atoms with Crippen molar-refractivity contribution in [1.82, 2.24) is 5.32 Å². The Bertz CT molecular complexity index is 513. The number of rotatable bonds is 7. The van der Waals surface area contributed by atoms with Crippen LogP contribution in [0.2, 0.25) is 0 Å². The summed E-state index contributed by atoms with van der Waals surface area (Å²) in [5.41, 5.74) is 1.21. The van der Waals surface area contributed by atoms with Crippen molar-refractivity contribution in [3.05, 3.63) is 23.8 Å². The molecule has 0 spiro atoms. The van der Waals surface area contributed by atoms with Crippen LogP contribution in [0.5, 0.6) is 11.5 Å². The number of carboxylic acids is 1.